The second-order valence-corrected chi connectivity index (χ2v) is 5.98. The molecule has 1 aliphatic carbocycles. The first-order valence-electron chi connectivity index (χ1n) is 7.00. The van der Waals surface area contributed by atoms with Crippen molar-refractivity contribution in [2.75, 3.05) is 6.54 Å². The van der Waals surface area contributed by atoms with E-state index in [1.54, 1.807) is 0 Å². The molecule has 2 nitrogen and oxygen atoms in total. The van der Waals surface area contributed by atoms with Gasteiger partial charge < -0.3 is 10.1 Å². The fourth-order valence-electron chi connectivity index (χ4n) is 2.95. The van der Waals surface area contributed by atoms with E-state index in [9.17, 15) is 0 Å². The highest BCUT2D eigenvalue weighted by atomic mass is 16.5. The Balaban J connectivity index is 2.12. The highest BCUT2D eigenvalue weighted by Gasteiger charge is 2.42. The molecule has 2 rings (SSSR count). The van der Waals surface area contributed by atoms with Crippen molar-refractivity contribution in [3.05, 3.63) is 29.8 Å². The van der Waals surface area contributed by atoms with Crippen LogP contribution in [0.15, 0.2) is 24.3 Å². The Morgan fingerprint density at radius 2 is 2.06 bits per heavy atom. The van der Waals surface area contributed by atoms with Crippen LogP contribution in [0, 0.1) is 12.3 Å². The number of ether oxygens (including phenoxy) is 1. The van der Waals surface area contributed by atoms with Crippen LogP contribution in [0.3, 0.4) is 0 Å². The maximum atomic E-state index is 6.24. The first kappa shape index (κ1) is 13.4. The van der Waals surface area contributed by atoms with Crippen LogP contribution in [-0.4, -0.2) is 18.7 Å². The number of hydrogen-bond acceptors (Lipinski definition) is 2. The molecule has 18 heavy (non-hydrogen) atoms. The van der Waals surface area contributed by atoms with E-state index in [-0.39, 0.29) is 0 Å². The van der Waals surface area contributed by atoms with E-state index in [2.05, 4.69) is 51.2 Å². The van der Waals surface area contributed by atoms with E-state index in [1.807, 2.05) is 6.07 Å². The Hall–Kier alpha value is -1.02. The van der Waals surface area contributed by atoms with Gasteiger partial charge in [0.15, 0.2) is 0 Å². The molecule has 1 aliphatic rings. The predicted molar refractivity (Wildman–Crippen MR) is 76.1 cm³/mol. The van der Waals surface area contributed by atoms with Crippen LogP contribution in [0.1, 0.15) is 39.2 Å². The van der Waals surface area contributed by atoms with Crippen molar-refractivity contribution in [2.45, 2.75) is 52.7 Å². The van der Waals surface area contributed by atoms with Gasteiger partial charge in [-0.25, -0.2) is 0 Å². The zero-order chi connectivity index (χ0) is 13.2. The fourth-order valence-corrected chi connectivity index (χ4v) is 2.95. The topological polar surface area (TPSA) is 21.3 Å². The lowest BCUT2D eigenvalue weighted by molar-refractivity contribution is 0.141. The molecule has 2 atom stereocenters. The molecule has 1 aromatic carbocycles. The molecular formula is C16H25NO. The molecule has 2 unspecified atom stereocenters. The summed E-state index contributed by atoms with van der Waals surface area (Å²) in [5.74, 6) is 1.03. The van der Waals surface area contributed by atoms with Crippen molar-refractivity contribution in [3.63, 3.8) is 0 Å². The number of para-hydroxylation sites is 1. The van der Waals surface area contributed by atoms with E-state index < -0.39 is 0 Å². The number of aryl methyl sites for hydroxylation is 1. The van der Waals surface area contributed by atoms with Crippen LogP contribution in [-0.2, 0) is 0 Å². The van der Waals surface area contributed by atoms with Crippen LogP contribution in [0.2, 0.25) is 0 Å². The van der Waals surface area contributed by atoms with Crippen LogP contribution < -0.4 is 10.1 Å². The minimum atomic E-state index is 0.293. The first-order chi connectivity index (χ1) is 8.54. The number of rotatable bonds is 4. The first-order valence-corrected chi connectivity index (χ1v) is 7.00. The van der Waals surface area contributed by atoms with E-state index in [0.29, 0.717) is 17.6 Å². The van der Waals surface area contributed by atoms with E-state index in [4.69, 9.17) is 4.74 Å². The molecule has 100 valence electrons. The van der Waals surface area contributed by atoms with Gasteiger partial charge in [0, 0.05) is 6.04 Å². The number of hydrogen-bond donors (Lipinski definition) is 1. The smallest absolute Gasteiger partial charge is 0.122 e. The summed E-state index contributed by atoms with van der Waals surface area (Å²) < 4.78 is 6.24. The lowest BCUT2D eigenvalue weighted by Gasteiger charge is -2.31. The summed E-state index contributed by atoms with van der Waals surface area (Å²) in [6.45, 7) is 9.95. The molecule has 1 fully saturated rings. The summed E-state index contributed by atoms with van der Waals surface area (Å²) in [7, 11) is 0. The molecule has 0 saturated heterocycles. The summed E-state index contributed by atoms with van der Waals surface area (Å²) in [4.78, 5) is 0. The number of nitrogens with one attached hydrogen (secondary N) is 1. The van der Waals surface area contributed by atoms with Crippen LogP contribution in [0.25, 0.3) is 0 Å². The van der Waals surface area contributed by atoms with Gasteiger partial charge in [0.25, 0.3) is 0 Å². The van der Waals surface area contributed by atoms with Gasteiger partial charge in [-0.2, -0.15) is 0 Å². The molecule has 1 N–H and O–H groups in total. The molecule has 2 heteroatoms. The summed E-state index contributed by atoms with van der Waals surface area (Å²) >= 11 is 0. The average molecular weight is 247 g/mol. The van der Waals surface area contributed by atoms with Crippen molar-refractivity contribution in [2.24, 2.45) is 5.41 Å². The van der Waals surface area contributed by atoms with Gasteiger partial charge in [-0.15, -0.1) is 0 Å². The molecule has 0 radical (unpaired) electrons. The van der Waals surface area contributed by atoms with Crippen molar-refractivity contribution >= 4 is 0 Å². The lowest BCUT2D eigenvalue weighted by atomic mass is 9.87. The zero-order valence-corrected chi connectivity index (χ0v) is 12.0. The van der Waals surface area contributed by atoms with E-state index >= 15 is 0 Å². The largest absolute Gasteiger partial charge is 0.489 e. The molecule has 0 heterocycles. The molecule has 0 aromatic heterocycles. The number of benzene rings is 1. The van der Waals surface area contributed by atoms with Gasteiger partial charge in [-0.3, -0.25) is 0 Å². The van der Waals surface area contributed by atoms with E-state index in [1.165, 1.54) is 12.0 Å². The lowest BCUT2D eigenvalue weighted by Crippen LogP contribution is -2.46. The molecular weight excluding hydrogens is 222 g/mol. The third-order valence-corrected chi connectivity index (χ3v) is 4.08. The molecule has 1 aromatic rings. The quantitative estimate of drug-likeness (QED) is 0.878. The highest BCUT2D eigenvalue weighted by Crippen LogP contribution is 2.39. The van der Waals surface area contributed by atoms with Crippen LogP contribution in [0.5, 0.6) is 5.75 Å². The average Bonchev–Trinajstić information content (AvgIpc) is 2.60. The van der Waals surface area contributed by atoms with Crippen molar-refractivity contribution in [1.82, 2.24) is 5.32 Å². The van der Waals surface area contributed by atoms with Gasteiger partial charge in [-0.05, 0) is 43.4 Å². The van der Waals surface area contributed by atoms with Crippen molar-refractivity contribution in [1.29, 1.82) is 0 Å². The summed E-state index contributed by atoms with van der Waals surface area (Å²) in [6, 6.07) is 8.73. The summed E-state index contributed by atoms with van der Waals surface area (Å²) in [5.41, 5.74) is 1.54. The van der Waals surface area contributed by atoms with Crippen molar-refractivity contribution in [3.8, 4) is 5.75 Å². The second kappa shape index (κ2) is 5.31. The van der Waals surface area contributed by atoms with E-state index in [0.717, 1.165) is 18.7 Å². The fraction of sp³-hybridized carbons (Fsp3) is 0.625. The summed E-state index contributed by atoms with van der Waals surface area (Å²) in [5, 5.41) is 3.60. The van der Waals surface area contributed by atoms with Gasteiger partial charge in [0.2, 0.25) is 0 Å². The number of likely N-dealkylation sites (N-methyl/N-ethyl adjacent to an activating group) is 1. The zero-order valence-electron chi connectivity index (χ0n) is 12.0. The third kappa shape index (κ3) is 2.69. The summed E-state index contributed by atoms with van der Waals surface area (Å²) in [6.07, 6.45) is 2.65. The Morgan fingerprint density at radius 1 is 1.33 bits per heavy atom. The third-order valence-electron chi connectivity index (χ3n) is 4.08. The molecule has 0 spiro atoms. The Kier molecular flexibility index (Phi) is 3.96. The van der Waals surface area contributed by atoms with Gasteiger partial charge in [0.05, 0.1) is 0 Å². The Morgan fingerprint density at radius 3 is 2.72 bits per heavy atom. The molecule has 0 aliphatic heterocycles. The van der Waals surface area contributed by atoms with Gasteiger partial charge >= 0.3 is 0 Å². The maximum absolute atomic E-state index is 6.24. The minimum absolute atomic E-state index is 0.293. The highest BCUT2D eigenvalue weighted by molar-refractivity contribution is 5.32. The minimum Gasteiger partial charge on any atom is -0.489 e. The SMILES string of the molecule is CCNC1C(Oc2ccccc2C)CCC1(C)C. The predicted octanol–water partition coefficient (Wildman–Crippen LogP) is 3.54. The van der Waals surface area contributed by atoms with Gasteiger partial charge in [-0.1, -0.05) is 39.0 Å². The van der Waals surface area contributed by atoms with Crippen molar-refractivity contribution < 1.29 is 4.74 Å². The Labute approximate surface area is 111 Å². The monoisotopic (exact) mass is 247 g/mol. The normalized spacial score (nSPS) is 26.2. The molecule has 0 amide bonds. The standard InChI is InChI=1S/C16H25NO/c1-5-17-15-14(10-11-16(15,3)4)18-13-9-7-6-8-12(13)2/h6-9,14-15,17H,5,10-11H2,1-4H3. The van der Waals surface area contributed by atoms with Crippen LogP contribution >= 0.6 is 0 Å². The molecule has 0 bridgehead atoms. The Bertz CT molecular complexity index is 400. The van der Waals surface area contributed by atoms with Crippen LogP contribution in [0.4, 0.5) is 0 Å². The maximum Gasteiger partial charge on any atom is 0.122 e. The van der Waals surface area contributed by atoms with Gasteiger partial charge in [0.1, 0.15) is 11.9 Å². The molecule has 1 saturated carbocycles. The second-order valence-electron chi connectivity index (χ2n) is 5.98.